The van der Waals surface area contributed by atoms with Crippen LogP contribution in [-0.4, -0.2) is 11.1 Å². The summed E-state index contributed by atoms with van der Waals surface area (Å²) in [5, 5.41) is 17.0. The Kier molecular flexibility index (Phi) is 4.49. The Labute approximate surface area is 139 Å². The molecule has 1 N–H and O–H groups in total. The lowest BCUT2D eigenvalue weighted by atomic mass is 10.1. The van der Waals surface area contributed by atoms with Gasteiger partial charge in [-0.25, -0.2) is 0 Å². The van der Waals surface area contributed by atoms with Crippen LogP contribution in [0.5, 0.6) is 0 Å². The normalized spacial score (nSPS) is 14.0. The monoisotopic (exact) mass is 329 g/mol. The van der Waals surface area contributed by atoms with E-state index < -0.39 is 0 Å². The van der Waals surface area contributed by atoms with Gasteiger partial charge in [0.05, 0.1) is 17.7 Å². The van der Waals surface area contributed by atoms with Gasteiger partial charge in [-0.05, 0) is 45.1 Å². The van der Waals surface area contributed by atoms with Gasteiger partial charge in [-0.3, -0.25) is 4.79 Å². The van der Waals surface area contributed by atoms with Gasteiger partial charge in [-0.2, -0.15) is 5.26 Å². The summed E-state index contributed by atoms with van der Waals surface area (Å²) in [6.07, 6.45) is 5.65. The Bertz CT molecular complexity index is 763. The lowest BCUT2D eigenvalue weighted by Crippen LogP contribution is -2.15. The van der Waals surface area contributed by atoms with Gasteiger partial charge in [0.1, 0.15) is 16.8 Å². The summed E-state index contributed by atoms with van der Waals surface area (Å²) >= 11 is 1.56. The average molecular weight is 329 g/mol. The quantitative estimate of drug-likeness (QED) is 0.871. The van der Waals surface area contributed by atoms with Crippen molar-refractivity contribution in [3.63, 3.8) is 0 Å². The summed E-state index contributed by atoms with van der Waals surface area (Å²) in [6, 6.07) is 2.28. The molecular formula is C17H19N3O2S. The van der Waals surface area contributed by atoms with Crippen molar-refractivity contribution < 1.29 is 9.32 Å². The van der Waals surface area contributed by atoms with Crippen LogP contribution in [0.15, 0.2) is 4.52 Å². The number of fused-ring (bicyclic) bond motifs is 1. The largest absolute Gasteiger partial charge is 0.361 e. The molecule has 0 atom stereocenters. The maximum Gasteiger partial charge on any atom is 0.229 e. The van der Waals surface area contributed by atoms with E-state index in [0.717, 1.165) is 42.5 Å². The molecule has 2 aromatic rings. The Balaban J connectivity index is 1.80. The highest BCUT2D eigenvalue weighted by Crippen LogP contribution is 2.37. The maximum atomic E-state index is 12.3. The number of carbonyl (C=O) groups is 1. The van der Waals surface area contributed by atoms with E-state index in [2.05, 4.69) is 16.5 Å². The van der Waals surface area contributed by atoms with E-state index in [9.17, 15) is 10.1 Å². The van der Waals surface area contributed by atoms with Crippen molar-refractivity contribution in [3.05, 3.63) is 33.0 Å². The highest BCUT2D eigenvalue weighted by molar-refractivity contribution is 7.16. The standard InChI is InChI=1S/C17H19N3O2S/c1-10-13(11(2)22-20-10)8-16(21)19-17-14(9-18)12-6-4-3-5-7-15(12)23-17/h3-8H2,1-2H3,(H,19,21). The molecule has 0 fully saturated rings. The van der Waals surface area contributed by atoms with Crippen molar-refractivity contribution in [1.82, 2.24) is 5.16 Å². The fourth-order valence-corrected chi connectivity index (χ4v) is 4.29. The molecule has 120 valence electrons. The Morgan fingerprint density at radius 3 is 2.83 bits per heavy atom. The predicted molar refractivity (Wildman–Crippen MR) is 88.6 cm³/mol. The molecule has 0 unspecified atom stereocenters. The Morgan fingerprint density at radius 1 is 1.35 bits per heavy atom. The number of aryl methyl sites for hydroxylation is 3. The van der Waals surface area contributed by atoms with Gasteiger partial charge in [0.2, 0.25) is 5.91 Å². The molecule has 0 aromatic carbocycles. The van der Waals surface area contributed by atoms with Crippen molar-refractivity contribution in [1.29, 1.82) is 5.26 Å². The van der Waals surface area contributed by atoms with Gasteiger partial charge in [0.25, 0.3) is 0 Å². The first-order valence-corrected chi connectivity index (χ1v) is 8.68. The summed E-state index contributed by atoms with van der Waals surface area (Å²) in [5.74, 6) is 0.535. The van der Waals surface area contributed by atoms with Gasteiger partial charge in [0.15, 0.2) is 0 Å². The molecule has 0 saturated carbocycles. The second-order valence-corrected chi connectivity index (χ2v) is 7.01. The average Bonchev–Trinajstić information content (AvgIpc) is 2.90. The molecular weight excluding hydrogens is 310 g/mol. The molecule has 6 heteroatoms. The topological polar surface area (TPSA) is 78.9 Å². The molecule has 2 aromatic heterocycles. The molecule has 0 spiro atoms. The van der Waals surface area contributed by atoms with Crippen molar-refractivity contribution in [2.24, 2.45) is 0 Å². The van der Waals surface area contributed by atoms with E-state index in [0.29, 0.717) is 16.3 Å². The first-order valence-electron chi connectivity index (χ1n) is 7.86. The molecule has 0 radical (unpaired) electrons. The van der Waals surface area contributed by atoms with Gasteiger partial charge in [-0.15, -0.1) is 11.3 Å². The molecule has 23 heavy (non-hydrogen) atoms. The summed E-state index contributed by atoms with van der Waals surface area (Å²) in [6.45, 7) is 3.63. The number of rotatable bonds is 3. The maximum absolute atomic E-state index is 12.3. The van der Waals surface area contributed by atoms with Crippen molar-refractivity contribution in [3.8, 4) is 6.07 Å². The third kappa shape index (κ3) is 3.15. The summed E-state index contributed by atoms with van der Waals surface area (Å²) in [4.78, 5) is 13.6. The highest BCUT2D eigenvalue weighted by atomic mass is 32.1. The van der Waals surface area contributed by atoms with Crippen LogP contribution in [0.25, 0.3) is 0 Å². The van der Waals surface area contributed by atoms with Crippen molar-refractivity contribution in [2.45, 2.75) is 52.4 Å². The van der Waals surface area contributed by atoms with Gasteiger partial charge in [-0.1, -0.05) is 11.6 Å². The lowest BCUT2D eigenvalue weighted by molar-refractivity contribution is -0.115. The molecule has 1 aliphatic carbocycles. The minimum absolute atomic E-state index is 0.132. The van der Waals surface area contributed by atoms with Gasteiger partial charge >= 0.3 is 0 Å². The number of nitriles is 1. The number of anilines is 1. The molecule has 0 saturated heterocycles. The van der Waals surface area contributed by atoms with Crippen LogP contribution in [0.1, 0.15) is 52.3 Å². The zero-order chi connectivity index (χ0) is 16.4. The number of hydrogen-bond donors (Lipinski definition) is 1. The number of aromatic nitrogens is 1. The molecule has 0 bridgehead atoms. The Hall–Kier alpha value is -2.13. The molecule has 1 aliphatic rings. The lowest BCUT2D eigenvalue weighted by Gasteiger charge is -2.04. The smallest absolute Gasteiger partial charge is 0.229 e. The van der Waals surface area contributed by atoms with E-state index in [-0.39, 0.29) is 12.3 Å². The number of nitrogens with zero attached hydrogens (tertiary/aromatic N) is 2. The molecule has 1 amide bonds. The molecule has 5 nitrogen and oxygen atoms in total. The fourth-order valence-electron chi connectivity index (χ4n) is 3.03. The molecule has 2 heterocycles. The van der Waals surface area contributed by atoms with Crippen LogP contribution in [0.3, 0.4) is 0 Å². The predicted octanol–water partition coefficient (Wildman–Crippen LogP) is 3.67. The first-order chi connectivity index (χ1) is 11.1. The first kappa shape index (κ1) is 15.8. The van der Waals surface area contributed by atoms with Gasteiger partial charge in [0, 0.05) is 10.4 Å². The van der Waals surface area contributed by atoms with Gasteiger partial charge < -0.3 is 9.84 Å². The second kappa shape index (κ2) is 6.55. The molecule has 0 aliphatic heterocycles. The van der Waals surface area contributed by atoms with Crippen LogP contribution in [-0.2, 0) is 24.1 Å². The van der Waals surface area contributed by atoms with Crippen LogP contribution >= 0.6 is 11.3 Å². The second-order valence-electron chi connectivity index (χ2n) is 5.91. The number of nitrogens with one attached hydrogen (secondary N) is 1. The van der Waals surface area contributed by atoms with E-state index in [1.807, 2.05) is 6.92 Å². The zero-order valence-electron chi connectivity index (χ0n) is 13.4. The van der Waals surface area contributed by atoms with Crippen molar-refractivity contribution >= 4 is 22.2 Å². The van der Waals surface area contributed by atoms with E-state index in [1.54, 1.807) is 18.3 Å². The highest BCUT2D eigenvalue weighted by Gasteiger charge is 2.22. The Morgan fingerprint density at radius 2 is 2.13 bits per heavy atom. The zero-order valence-corrected chi connectivity index (χ0v) is 14.2. The SMILES string of the molecule is Cc1noc(C)c1CC(=O)Nc1sc2c(c1C#N)CCCCC2. The third-order valence-electron chi connectivity index (χ3n) is 4.30. The van der Waals surface area contributed by atoms with Crippen molar-refractivity contribution in [2.75, 3.05) is 5.32 Å². The van der Waals surface area contributed by atoms with Crippen LogP contribution in [0, 0.1) is 25.2 Å². The summed E-state index contributed by atoms with van der Waals surface area (Å²) in [7, 11) is 0. The van der Waals surface area contributed by atoms with Crippen LogP contribution < -0.4 is 5.32 Å². The summed E-state index contributed by atoms with van der Waals surface area (Å²) in [5.41, 5.74) is 3.35. The number of carbonyl (C=O) groups excluding carboxylic acids is 1. The third-order valence-corrected chi connectivity index (χ3v) is 5.51. The van der Waals surface area contributed by atoms with E-state index in [4.69, 9.17) is 4.52 Å². The fraction of sp³-hybridized carbons (Fsp3) is 0.471. The van der Waals surface area contributed by atoms with Crippen LogP contribution in [0.4, 0.5) is 5.00 Å². The minimum atomic E-state index is -0.132. The van der Waals surface area contributed by atoms with E-state index in [1.165, 1.54) is 11.3 Å². The minimum Gasteiger partial charge on any atom is -0.361 e. The van der Waals surface area contributed by atoms with E-state index >= 15 is 0 Å². The number of amides is 1. The summed E-state index contributed by atoms with van der Waals surface area (Å²) < 4.78 is 5.09. The molecule has 3 rings (SSSR count). The number of hydrogen-bond acceptors (Lipinski definition) is 5. The van der Waals surface area contributed by atoms with Crippen LogP contribution in [0.2, 0.25) is 0 Å². The number of thiophene rings is 1.